The number of esters is 1. The van der Waals surface area contributed by atoms with Crippen molar-refractivity contribution in [2.45, 2.75) is 45.8 Å². The molecule has 0 bridgehead atoms. The Labute approximate surface area is 205 Å². The predicted molar refractivity (Wildman–Crippen MR) is 125 cm³/mol. The molecule has 1 atom stereocenters. The van der Waals surface area contributed by atoms with E-state index in [4.69, 9.17) is 9.47 Å². The van der Waals surface area contributed by atoms with Crippen LogP contribution in [-0.2, 0) is 32.0 Å². The molecule has 0 radical (unpaired) electrons. The van der Waals surface area contributed by atoms with Crippen molar-refractivity contribution in [3.8, 4) is 0 Å². The molecule has 2 aliphatic heterocycles. The van der Waals surface area contributed by atoms with Gasteiger partial charge in [-0.15, -0.1) is 0 Å². The van der Waals surface area contributed by atoms with Gasteiger partial charge in [0.2, 0.25) is 0 Å². The second kappa shape index (κ2) is 9.46. The molecule has 10 nitrogen and oxygen atoms in total. The van der Waals surface area contributed by atoms with Gasteiger partial charge in [0, 0.05) is 49.7 Å². The van der Waals surface area contributed by atoms with Crippen molar-refractivity contribution in [2.24, 2.45) is 5.92 Å². The molecular weight excluding hydrogens is 508 g/mol. The fourth-order valence-electron chi connectivity index (χ4n) is 4.02. The molecular formula is C23H27BrN4O6. The molecule has 0 aliphatic carbocycles. The van der Waals surface area contributed by atoms with Gasteiger partial charge in [-0.1, -0.05) is 15.9 Å². The number of ketones is 1. The zero-order valence-electron chi connectivity index (χ0n) is 19.4. The highest BCUT2D eigenvalue weighted by atomic mass is 79.9. The summed E-state index contributed by atoms with van der Waals surface area (Å²) >= 11 is 3.39. The Morgan fingerprint density at radius 2 is 1.97 bits per heavy atom. The van der Waals surface area contributed by atoms with Crippen molar-refractivity contribution < 1.29 is 23.9 Å². The molecule has 1 saturated heterocycles. The van der Waals surface area contributed by atoms with Crippen LogP contribution in [0, 0.1) is 5.92 Å². The summed E-state index contributed by atoms with van der Waals surface area (Å²) in [7, 11) is 0. The summed E-state index contributed by atoms with van der Waals surface area (Å²) in [6.45, 7) is 6.19. The number of carbonyl (C=O) groups is 3. The minimum absolute atomic E-state index is 0.0586. The standard InChI is InChI=1S/C23H27BrN4O6/c1-23(2,3)34-22(32)27-8-6-18(29)16(12-27)21(31)33-13-26-7-5-17-15(11-26)20(30)28-9-4-14(24)10-19(28)25-17/h4,9-10,16H,5-8,11-13H2,1-3H3. The molecule has 4 rings (SSSR count). The van der Waals surface area contributed by atoms with Gasteiger partial charge in [0.15, 0.2) is 5.78 Å². The van der Waals surface area contributed by atoms with Crippen LogP contribution in [0.2, 0.25) is 0 Å². The van der Waals surface area contributed by atoms with Gasteiger partial charge in [0.25, 0.3) is 5.56 Å². The number of carbonyl (C=O) groups excluding carboxylic acids is 3. The molecule has 1 fully saturated rings. The van der Waals surface area contributed by atoms with Crippen molar-refractivity contribution in [2.75, 3.05) is 26.4 Å². The van der Waals surface area contributed by atoms with Gasteiger partial charge in [0.1, 0.15) is 23.9 Å². The third kappa shape index (κ3) is 5.30. The van der Waals surface area contributed by atoms with Crippen LogP contribution in [0.25, 0.3) is 5.65 Å². The highest BCUT2D eigenvalue weighted by Crippen LogP contribution is 2.20. The first-order valence-electron chi connectivity index (χ1n) is 11.1. The molecule has 0 N–H and O–H groups in total. The van der Waals surface area contributed by atoms with E-state index in [9.17, 15) is 19.2 Å². The molecule has 2 aromatic heterocycles. The van der Waals surface area contributed by atoms with Crippen LogP contribution in [-0.4, -0.2) is 69.0 Å². The van der Waals surface area contributed by atoms with Crippen LogP contribution >= 0.6 is 15.9 Å². The minimum atomic E-state index is -1.05. The summed E-state index contributed by atoms with van der Waals surface area (Å²) in [5.41, 5.74) is 1.05. The number of likely N-dealkylation sites (tertiary alicyclic amines) is 1. The van der Waals surface area contributed by atoms with E-state index in [-0.39, 0.29) is 44.1 Å². The van der Waals surface area contributed by atoms with Gasteiger partial charge >= 0.3 is 12.1 Å². The number of ether oxygens (including phenoxy) is 2. The second-order valence-corrected chi connectivity index (χ2v) is 10.4. The summed E-state index contributed by atoms with van der Waals surface area (Å²) in [6, 6.07) is 3.56. The smallest absolute Gasteiger partial charge is 0.410 e. The van der Waals surface area contributed by atoms with E-state index in [2.05, 4.69) is 20.9 Å². The first-order valence-corrected chi connectivity index (χ1v) is 11.9. The summed E-state index contributed by atoms with van der Waals surface area (Å²) in [6.07, 6.45) is 1.72. The molecule has 2 aliphatic rings. The molecule has 1 amide bonds. The van der Waals surface area contributed by atoms with Crippen molar-refractivity contribution in [1.82, 2.24) is 19.2 Å². The normalized spacial score (nSPS) is 19.1. The number of amides is 1. The Hall–Kier alpha value is -2.79. The SMILES string of the molecule is CC(C)(C)OC(=O)N1CCC(=O)C(C(=O)OCN2CCc3nc4cc(Br)ccn4c(=O)c3C2)C1. The lowest BCUT2D eigenvalue weighted by molar-refractivity contribution is -0.158. The quantitative estimate of drug-likeness (QED) is 0.435. The lowest BCUT2D eigenvalue weighted by Gasteiger charge is -2.33. The number of fused-ring (bicyclic) bond motifs is 2. The topological polar surface area (TPSA) is 111 Å². The Morgan fingerprint density at radius 1 is 1.21 bits per heavy atom. The third-order valence-corrected chi connectivity index (χ3v) is 6.26. The number of piperidine rings is 1. The summed E-state index contributed by atoms with van der Waals surface area (Å²) in [4.78, 5) is 58.1. The maximum Gasteiger partial charge on any atom is 0.410 e. The van der Waals surface area contributed by atoms with E-state index in [0.29, 0.717) is 24.2 Å². The average molecular weight is 535 g/mol. The van der Waals surface area contributed by atoms with Crippen LogP contribution in [0.3, 0.4) is 0 Å². The largest absolute Gasteiger partial charge is 0.449 e. The number of aromatic nitrogens is 2. The van der Waals surface area contributed by atoms with E-state index in [0.717, 1.165) is 10.2 Å². The Kier molecular flexibility index (Phi) is 6.77. The highest BCUT2D eigenvalue weighted by molar-refractivity contribution is 9.10. The number of pyridine rings is 1. The maximum atomic E-state index is 12.9. The zero-order valence-corrected chi connectivity index (χ0v) is 21.0. The van der Waals surface area contributed by atoms with Gasteiger partial charge in [-0.3, -0.25) is 23.7 Å². The first-order chi connectivity index (χ1) is 16.0. The van der Waals surface area contributed by atoms with Gasteiger partial charge in [-0.2, -0.15) is 0 Å². The number of halogens is 1. The van der Waals surface area contributed by atoms with E-state index >= 15 is 0 Å². The van der Waals surface area contributed by atoms with Crippen LogP contribution in [0.1, 0.15) is 38.4 Å². The molecule has 34 heavy (non-hydrogen) atoms. The number of hydrogen-bond donors (Lipinski definition) is 0. The molecule has 2 aromatic rings. The molecule has 0 aromatic carbocycles. The van der Waals surface area contributed by atoms with Gasteiger partial charge < -0.3 is 14.4 Å². The minimum Gasteiger partial charge on any atom is -0.449 e. The fraction of sp³-hybridized carbons (Fsp3) is 0.522. The Bertz CT molecular complexity index is 1200. The van der Waals surface area contributed by atoms with E-state index < -0.39 is 23.6 Å². The number of hydrogen-bond acceptors (Lipinski definition) is 8. The van der Waals surface area contributed by atoms with Crippen molar-refractivity contribution in [3.63, 3.8) is 0 Å². The summed E-state index contributed by atoms with van der Waals surface area (Å²) in [5, 5.41) is 0. The number of rotatable bonds is 3. The van der Waals surface area contributed by atoms with Crippen molar-refractivity contribution in [1.29, 1.82) is 0 Å². The van der Waals surface area contributed by atoms with E-state index in [1.54, 1.807) is 39.1 Å². The van der Waals surface area contributed by atoms with Gasteiger partial charge in [0.05, 0.1) is 11.3 Å². The Balaban J connectivity index is 1.39. The summed E-state index contributed by atoms with van der Waals surface area (Å²) in [5.74, 6) is -1.98. The molecule has 0 spiro atoms. The second-order valence-electron chi connectivity index (χ2n) is 9.51. The zero-order chi connectivity index (χ0) is 24.6. The molecule has 11 heteroatoms. The maximum absolute atomic E-state index is 12.9. The third-order valence-electron chi connectivity index (χ3n) is 5.76. The van der Waals surface area contributed by atoms with Crippen molar-refractivity contribution >= 4 is 39.4 Å². The van der Waals surface area contributed by atoms with Crippen LogP contribution < -0.4 is 5.56 Å². The van der Waals surface area contributed by atoms with Crippen molar-refractivity contribution in [3.05, 3.63) is 44.4 Å². The van der Waals surface area contributed by atoms with Crippen LogP contribution in [0.4, 0.5) is 4.79 Å². The van der Waals surface area contributed by atoms with Gasteiger partial charge in [-0.25, -0.2) is 9.78 Å². The fourth-order valence-corrected chi connectivity index (χ4v) is 4.35. The molecule has 0 saturated carbocycles. The monoisotopic (exact) mass is 534 g/mol. The highest BCUT2D eigenvalue weighted by Gasteiger charge is 2.37. The van der Waals surface area contributed by atoms with Gasteiger partial charge in [-0.05, 0) is 32.9 Å². The Morgan fingerprint density at radius 3 is 2.71 bits per heavy atom. The van der Waals surface area contributed by atoms with Crippen LogP contribution in [0.5, 0.6) is 0 Å². The molecule has 1 unspecified atom stereocenters. The number of nitrogens with zero attached hydrogens (tertiary/aromatic N) is 4. The molecule has 182 valence electrons. The number of Topliss-reactive ketones (excluding diaryl/α,β-unsaturated/α-hetero) is 1. The summed E-state index contributed by atoms with van der Waals surface area (Å²) < 4.78 is 13.1. The van der Waals surface area contributed by atoms with Crippen LogP contribution in [0.15, 0.2) is 27.6 Å². The average Bonchev–Trinajstić information content (AvgIpc) is 2.76. The first kappa shape index (κ1) is 24.3. The molecule has 4 heterocycles. The lowest BCUT2D eigenvalue weighted by Crippen LogP contribution is -2.49. The van der Waals surface area contributed by atoms with E-state index in [1.807, 2.05) is 4.90 Å². The lowest BCUT2D eigenvalue weighted by atomic mass is 9.97. The predicted octanol–water partition coefficient (Wildman–Crippen LogP) is 2.14. The van der Waals surface area contributed by atoms with E-state index in [1.165, 1.54) is 9.30 Å².